The summed E-state index contributed by atoms with van der Waals surface area (Å²) >= 11 is 0. The van der Waals surface area contributed by atoms with Gasteiger partial charge in [-0.05, 0) is 13.3 Å². The molecule has 0 saturated heterocycles. The van der Waals surface area contributed by atoms with E-state index in [0.717, 1.165) is 0 Å². The van der Waals surface area contributed by atoms with Crippen LogP contribution in [0.3, 0.4) is 0 Å². The molecule has 0 aliphatic carbocycles. The van der Waals surface area contributed by atoms with E-state index in [1.807, 2.05) is 6.92 Å². The molecule has 0 atom stereocenters. The summed E-state index contributed by atoms with van der Waals surface area (Å²) < 4.78 is 9.32. The minimum absolute atomic E-state index is 0.321. The number of rotatable bonds is 4. The maximum atomic E-state index is 11.7. The molecule has 0 aliphatic heterocycles. The van der Waals surface area contributed by atoms with E-state index in [1.165, 1.54) is 20.8 Å². The van der Waals surface area contributed by atoms with Gasteiger partial charge in [-0.25, -0.2) is 9.59 Å². The van der Waals surface area contributed by atoms with Crippen LogP contribution in [0.4, 0.5) is 0 Å². The van der Waals surface area contributed by atoms with Crippen molar-refractivity contribution >= 4 is 11.9 Å². The Labute approximate surface area is 102 Å². The molecule has 92 valence electrons. The lowest BCUT2D eigenvalue weighted by Crippen LogP contribution is -2.38. The number of carbonyl (C=O) groups excluding carboxylic acids is 2. The zero-order valence-electron chi connectivity index (χ0n) is 10.5. The SMILES string of the molecule is CC#COC(=O)C(C)(CCC)C(=O)OC#CC. The van der Waals surface area contributed by atoms with Gasteiger partial charge in [0.1, 0.15) is 12.2 Å². The molecule has 0 aromatic carbocycles. The summed E-state index contributed by atoms with van der Waals surface area (Å²) in [7, 11) is 0. The molecule has 0 aromatic rings. The van der Waals surface area contributed by atoms with E-state index < -0.39 is 17.4 Å². The Kier molecular flexibility index (Phi) is 6.51. The molecule has 0 amide bonds. The van der Waals surface area contributed by atoms with E-state index in [-0.39, 0.29) is 0 Å². The van der Waals surface area contributed by atoms with Crippen molar-refractivity contribution < 1.29 is 19.1 Å². The number of hydrogen-bond donors (Lipinski definition) is 0. The zero-order valence-corrected chi connectivity index (χ0v) is 10.5. The molecule has 0 aromatic heterocycles. The van der Waals surface area contributed by atoms with Crippen molar-refractivity contribution in [3.63, 3.8) is 0 Å². The maximum absolute atomic E-state index is 11.7. The highest BCUT2D eigenvalue weighted by atomic mass is 16.5. The van der Waals surface area contributed by atoms with Crippen molar-refractivity contribution in [2.45, 2.75) is 40.5 Å². The van der Waals surface area contributed by atoms with Crippen molar-refractivity contribution in [3.8, 4) is 24.1 Å². The number of hydrogen-bond acceptors (Lipinski definition) is 4. The summed E-state index contributed by atoms with van der Waals surface area (Å²) in [5.74, 6) is 3.42. The standard InChI is InChI=1S/C13H16O4/c1-5-8-13(4,11(14)16-9-6-2)12(15)17-10-7-3/h5,8H2,1-4H3. The van der Waals surface area contributed by atoms with E-state index in [9.17, 15) is 9.59 Å². The monoisotopic (exact) mass is 236 g/mol. The van der Waals surface area contributed by atoms with Gasteiger partial charge in [0.15, 0.2) is 5.41 Å². The van der Waals surface area contributed by atoms with Crippen LogP contribution in [0, 0.1) is 29.5 Å². The van der Waals surface area contributed by atoms with Gasteiger partial charge < -0.3 is 9.47 Å². The average Bonchev–Trinajstić information content (AvgIpc) is 2.32. The molecule has 0 aliphatic rings. The Morgan fingerprint density at radius 3 is 1.76 bits per heavy atom. The van der Waals surface area contributed by atoms with Gasteiger partial charge in [0, 0.05) is 13.8 Å². The van der Waals surface area contributed by atoms with E-state index >= 15 is 0 Å². The van der Waals surface area contributed by atoms with E-state index in [0.29, 0.717) is 12.8 Å². The lowest BCUT2D eigenvalue weighted by Gasteiger charge is -2.21. The second-order valence-corrected chi connectivity index (χ2v) is 3.57. The van der Waals surface area contributed by atoms with Crippen molar-refractivity contribution in [2.24, 2.45) is 5.41 Å². The largest absolute Gasteiger partial charge is 0.371 e. The van der Waals surface area contributed by atoms with Crippen molar-refractivity contribution in [3.05, 3.63) is 0 Å². The summed E-state index contributed by atoms with van der Waals surface area (Å²) in [5.41, 5.74) is -1.36. The molecular formula is C13H16O4. The normalized spacial score (nSPS) is 9.18. The first kappa shape index (κ1) is 15.1. The Morgan fingerprint density at radius 2 is 1.47 bits per heavy atom. The van der Waals surface area contributed by atoms with Gasteiger partial charge in [-0.3, -0.25) is 0 Å². The zero-order chi connectivity index (χ0) is 13.3. The van der Waals surface area contributed by atoms with Crippen LogP contribution in [0.5, 0.6) is 0 Å². The van der Waals surface area contributed by atoms with Crippen LogP contribution in [0.15, 0.2) is 0 Å². The molecular weight excluding hydrogens is 220 g/mol. The molecule has 0 rings (SSSR count). The summed E-state index contributed by atoms with van der Waals surface area (Å²) in [4.78, 5) is 23.5. The number of ether oxygens (including phenoxy) is 2. The minimum Gasteiger partial charge on any atom is -0.371 e. The Morgan fingerprint density at radius 1 is 1.06 bits per heavy atom. The van der Waals surface area contributed by atoms with Gasteiger partial charge in [0.05, 0.1) is 0 Å². The second-order valence-electron chi connectivity index (χ2n) is 3.57. The smallest absolute Gasteiger partial charge is 0.337 e. The second kappa shape index (κ2) is 7.35. The molecule has 0 saturated carbocycles. The predicted molar refractivity (Wildman–Crippen MR) is 62.1 cm³/mol. The van der Waals surface area contributed by atoms with Gasteiger partial charge in [0.25, 0.3) is 0 Å². The van der Waals surface area contributed by atoms with Gasteiger partial charge >= 0.3 is 11.9 Å². The third-order valence-electron chi connectivity index (χ3n) is 2.14. The van der Waals surface area contributed by atoms with Gasteiger partial charge in [-0.2, -0.15) is 0 Å². The van der Waals surface area contributed by atoms with Crippen LogP contribution in [0.2, 0.25) is 0 Å². The average molecular weight is 236 g/mol. The topological polar surface area (TPSA) is 52.6 Å². The highest BCUT2D eigenvalue weighted by molar-refractivity contribution is 6.00. The van der Waals surface area contributed by atoms with E-state index in [1.54, 1.807) is 0 Å². The summed E-state index contributed by atoms with van der Waals surface area (Å²) in [6.45, 7) is 6.39. The molecule has 0 spiro atoms. The Hall–Kier alpha value is -1.94. The van der Waals surface area contributed by atoms with Crippen LogP contribution in [-0.2, 0) is 19.1 Å². The Bertz CT molecular complexity index is 367. The molecule has 0 unspecified atom stereocenters. The first-order valence-corrected chi connectivity index (χ1v) is 5.29. The van der Waals surface area contributed by atoms with Gasteiger partial charge in [0.2, 0.25) is 0 Å². The molecule has 4 nitrogen and oxygen atoms in total. The highest BCUT2D eigenvalue weighted by Crippen LogP contribution is 2.26. The molecule has 4 heteroatoms. The molecule has 0 bridgehead atoms. The van der Waals surface area contributed by atoms with Crippen molar-refractivity contribution in [1.29, 1.82) is 0 Å². The van der Waals surface area contributed by atoms with E-state index in [4.69, 9.17) is 0 Å². The van der Waals surface area contributed by atoms with Crippen molar-refractivity contribution in [2.75, 3.05) is 0 Å². The van der Waals surface area contributed by atoms with Gasteiger partial charge in [-0.15, -0.1) is 0 Å². The predicted octanol–water partition coefficient (Wildman–Crippen LogP) is 1.84. The molecule has 0 radical (unpaired) electrons. The summed E-state index contributed by atoms with van der Waals surface area (Å²) in [6, 6.07) is 0. The third-order valence-corrected chi connectivity index (χ3v) is 2.14. The minimum atomic E-state index is -1.36. The van der Waals surface area contributed by atoms with Crippen molar-refractivity contribution in [1.82, 2.24) is 0 Å². The first-order valence-electron chi connectivity index (χ1n) is 5.29. The summed E-state index contributed by atoms with van der Waals surface area (Å²) in [5, 5.41) is 0. The highest BCUT2D eigenvalue weighted by Gasteiger charge is 2.43. The van der Waals surface area contributed by atoms with E-state index in [2.05, 4.69) is 33.5 Å². The molecule has 0 fully saturated rings. The quantitative estimate of drug-likeness (QED) is 0.424. The third kappa shape index (κ3) is 4.20. The number of carbonyl (C=O) groups is 2. The van der Waals surface area contributed by atoms with Crippen LogP contribution >= 0.6 is 0 Å². The lowest BCUT2D eigenvalue weighted by molar-refractivity contribution is -0.163. The number of esters is 2. The molecule has 17 heavy (non-hydrogen) atoms. The van der Waals surface area contributed by atoms with Crippen LogP contribution in [-0.4, -0.2) is 11.9 Å². The van der Waals surface area contributed by atoms with Crippen LogP contribution in [0.1, 0.15) is 40.5 Å². The summed E-state index contributed by atoms with van der Waals surface area (Å²) in [6.07, 6.45) is 5.32. The van der Waals surface area contributed by atoms with Gasteiger partial charge in [-0.1, -0.05) is 25.2 Å². The maximum Gasteiger partial charge on any atom is 0.337 e. The fraction of sp³-hybridized carbons (Fsp3) is 0.538. The van der Waals surface area contributed by atoms with Crippen LogP contribution in [0.25, 0.3) is 0 Å². The molecule has 0 heterocycles. The fourth-order valence-electron chi connectivity index (χ4n) is 1.21. The lowest BCUT2D eigenvalue weighted by atomic mass is 9.86. The van der Waals surface area contributed by atoms with Crippen LogP contribution < -0.4 is 0 Å². The fourth-order valence-corrected chi connectivity index (χ4v) is 1.21. The first-order chi connectivity index (χ1) is 8.02. The Balaban J connectivity index is 4.95. The molecule has 0 N–H and O–H groups in total.